The molecule has 0 radical (unpaired) electrons. The van der Waals surface area contributed by atoms with Crippen molar-refractivity contribution in [2.75, 3.05) is 0 Å². The number of hydrogen-bond donors (Lipinski definition) is 1. The summed E-state index contributed by atoms with van der Waals surface area (Å²) in [7, 11) is 0. The smallest absolute Gasteiger partial charge is 0.322 e. The Morgan fingerprint density at radius 1 is 1.40 bits per heavy atom. The second kappa shape index (κ2) is 5.50. The number of nitrogens with two attached hydrogens (primary N) is 1. The van der Waals surface area contributed by atoms with Crippen LogP contribution < -0.4 is 5.73 Å². The maximum atomic E-state index is 10.6. The van der Waals surface area contributed by atoms with Gasteiger partial charge in [0, 0.05) is 0 Å². The largest absolute Gasteiger partial charge is 0.462 e. The van der Waals surface area contributed by atoms with Crippen LogP contribution in [-0.4, -0.2) is 18.1 Å². The Bertz CT molecular complexity index is 104. The van der Waals surface area contributed by atoms with Crippen LogP contribution in [0.4, 0.5) is 0 Å². The summed E-state index contributed by atoms with van der Waals surface area (Å²) in [5.41, 5.74) is 5.21. The van der Waals surface area contributed by atoms with Gasteiger partial charge in [0.1, 0.15) is 6.04 Å². The van der Waals surface area contributed by atoms with Crippen LogP contribution in [0, 0.1) is 0 Å². The van der Waals surface area contributed by atoms with Crippen molar-refractivity contribution in [3.05, 3.63) is 0 Å². The van der Waals surface area contributed by atoms with Crippen molar-refractivity contribution in [1.29, 1.82) is 0 Å². The van der Waals surface area contributed by atoms with E-state index >= 15 is 0 Å². The molecule has 0 aromatic rings. The molecule has 0 saturated carbocycles. The molecule has 0 aromatic heterocycles. The minimum Gasteiger partial charge on any atom is -0.462 e. The summed E-state index contributed by atoms with van der Waals surface area (Å²) in [5, 5.41) is 0. The Morgan fingerprint density at radius 2 is 1.80 bits per heavy atom. The van der Waals surface area contributed by atoms with Crippen LogP contribution in [0.3, 0.4) is 0 Å². The summed E-state index contributed by atoms with van der Waals surface area (Å²) >= 11 is 0. The minimum absolute atomic E-state index is 0. The Kier molecular flexibility index (Phi) is 6.82. The van der Waals surface area contributed by atoms with E-state index in [-0.39, 0.29) is 24.5 Å². The van der Waals surface area contributed by atoms with Crippen molar-refractivity contribution in [1.82, 2.24) is 0 Å². The molecule has 0 heterocycles. The van der Waals surface area contributed by atoms with Crippen molar-refractivity contribution in [3.63, 3.8) is 0 Å². The molecule has 10 heavy (non-hydrogen) atoms. The maximum Gasteiger partial charge on any atom is 0.322 e. The summed E-state index contributed by atoms with van der Waals surface area (Å²) in [6.45, 7) is 5.19. The van der Waals surface area contributed by atoms with Gasteiger partial charge in [0.25, 0.3) is 0 Å². The second-order valence-electron chi connectivity index (χ2n) is 2.27. The van der Waals surface area contributed by atoms with Crippen molar-refractivity contribution in [2.24, 2.45) is 5.73 Å². The fourth-order valence-corrected chi connectivity index (χ4v) is 0.340. The SMILES string of the molecule is CC(C)OC(=O)[C@@H](C)N.Cl. The zero-order valence-electron chi connectivity index (χ0n) is 6.46. The first-order chi connectivity index (χ1) is 4.04. The van der Waals surface area contributed by atoms with E-state index in [2.05, 4.69) is 0 Å². The fourth-order valence-electron chi connectivity index (χ4n) is 0.340. The summed E-state index contributed by atoms with van der Waals surface area (Å²) in [5.74, 6) is -0.343. The first-order valence-electron chi connectivity index (χ1n) is 3.00. The van der Waals surface area contributed by atoms with Crippen molar-refractivity contribution < 1.29 is 9.53 Å². The maximum absolute atomic E-state index is 10.6. The Hall–Kier alpha value is -0.280. The number of carbonyl (C=O) groups excluding carboxylic acids is 1. The van der Waals surface area contributed by atoms with Crippen molar-refractivity contribution >= 4 is 18.4 Å². The topological polar surface area (TPSA) is 52.3 Å². The van der Waals surface area contributed by atoms with Gasteiger partial charge in [-0.15, -0.1) is 12.4 Å². The normalized spacial score (nSPS) is 12.1. The van der Waals surface area contributed by atoms with E-state index in [0.29, 0.717) is 0 Å². The van der Waals surface area contributed by atoms with Crippen LogP contribution in [0.15, 0.2) is 0 Å². The zero-order valence-corrected chi connectivity index (χ0v) is 7.27. The third kappa shape index (κ3) is 5.85. The van der Waals surface area contributed by atoms with E-state index in [4.69, 9.17) is 10.5 Å². The van der Waals surface area contributed by atoms with Gasteiger partial charge in [-0.25, -0.2) is 0 Å². The number of rotatable bonds is 2. The molecule has 1 atom stereocenters. The Morgan fingerprint density at radius 3 is 1.90 bits per heavy atom. The monoisotopic (exact) mass is 167 g/mol. The van der Waals surface area contributed by atoms with E-state index < -0.39 is 6.04 Å². The highest BCUT2D eigenvalue weighted by molar-refractivity contribution is 5.85. The Labute approximate surface area is 67.3 Å². The average Bonchev–Trinajstić information content (AvgIpc) is 1.63. The molecule has 2 N–H and O–H groups in total. The molecule has 0 aliphatic carbocycles. The second-order valence-corrected chi connectivity index (χ2v) is 2.27. The lowest BCUT2D eigenvalue weighted by Crippen LogP contribution is -2.30. The zero-order chi connectivity index (χ0) is 7.44. The molecule has 62 valence electrons. The van der Waals surface area contributed by atoms with Crippen molar-refractivity contribution in [3.8, 4) is 0 Å². The summed E-state index contributed by atoms with van der Waals surface area (Å²) < 4.78 is 4.75. The third-order valence-electron chi connectivity index (χ3n) is 0.724. The molecule has 0 aromatic carbocycles. The fraction of sp³-hybridized carbons (Fsp3) is 0.833. The standard InChI is InChI=1S/C6H13NO2.ClH/c1-4(2)9-6(8)5(3)7;/h4-5H,7H2,1-3H3;1H/t5-;/m1./s1. The van der Waals surface area contributed by atoms with E-state index in [1.54, 1.807) is 20.8 Å². The summed E-state index contributed by atoms with van der Waals surface area (Å²) in [6, 6.07) is -0.507. The average molecular weight is 168 g/mol. The quantitative estimate of drug-likeness (QED) is 0.617. The third-order valence-corrected chi connectivity index (χ3v) is 0.724. The van der Waals surface area contributed by atoms with Gasteiger partial charge in [-0.3, -0.25) is 4.79 Å². The molecule has 0 aliphatic heterocycles. The highest BCUT2D eigenvalue weighted by Crippen LogP contribution is 1.90. The molecule has 0 bridgehead atoms. The molecule has 0 spiro atoms. The lowest BCUT2D eigenvalue weighted by molar-refractivity contribution is -0.148. The molecule has 0 amide bonds. The Balaban J connectivity index is 0. The molecule has 0 rings (SSSR count). The van der Waals surface area contributed by atoms with Crippen LogP contribution >= 0.6 is 12.4 Å². The summed E-state index contributed by atoms with van der Waals surface area (Å²) in [4.78, 5) is 10.6. The van der Waals surface area contributed by atoms with E-state index in [1.807, 2.05) is 0 Å². The molecule has 0 aliphatic rings. The van der Waals surface area contributed by atoms with Crippen LogP contribution in [0.2, 0.25) is 0 Å². The van der Waals surface area contributed by atoms with Crippen LogP contribution in [0.25, 0.3) is 0 Å². The molecule has 0 fully saturated rings. The minimum atomic E-state index is -0.507. The molecule has 0 unspecified atom stereocenters. The highest BCUT2D eigenvalue weighted by Gasteiger charge is 2.09. The van der Waals surface area contributed by atoms with Crippen LogP contribution in [0.5, 0.6) is 0 Å². The lowest BCUT2D eigenvalue weighted by atomic mass is 10.4. The first-order valence-corrected chi connectivity index (χ1v) is 3.00. The van der Waals surface area contributed by atoms with Gasteiger partial charge < -0.3 is 10.5 Å². The van der Waals surface area contributed by atoms with Crippen molar-refractivity contribution in [2.45, 2.75) is 32.9 Å². The van der Waals surface area contributed by atoms with Gasteiger partial charge in [-0.2, -0.15) is 0 Å². The predicted octanol–water partition coefficient (Wildman–Crippen LogP) is 0.707. The van der Waals surface area contributed by atoms with Gasteiger partial charge in [-0.05, 0) is 20.8 Å². The molecule has 3 nitrogen and oxygen atoms in total. The highest BCUT2D eigenvalue weighted by atomic mass is 35.5. The van der Waals surface area contributed by atoms with Gasteiger partial charge in [0.2, 0.25) is 0 Å². The predicted molar refractivity (Wildman–Crippen MR) is 42.1 cm³/mol. The molecule has 4 heteroatoms. The molecule has 0 saturated heterocycles. The number of halogens is 1. The number of esters is 1. The molecular weight excluding hydrogens is 154 g/mol. The molecular formula is C6H14ClNO2. The van der Waals surface area contributed by atoms with Gasteiger partial charge in [0.15, 0.2) is 0 Å². The lowest BCUT2D eigenvalue weighted by Gasteiger charge is -2.08. The van der Waals surface area contributed by atoms with Crippen LogP contribution in [0.1, 0.15) is 20.8 Å². The van der Waals surface area contributed by atoms with Gasteiger partial charge in [0.05, 0.1) is 6.10 Å². The number of hydrogen-bond acceptors (Lipinski definition) is 3. The first kappa shape index (κ1) is 12.4. The van der Waals surface area contributed by atoms with Gasteiger partial charge in [-0.1, -0.05) is 0 Å². The van der Waals surface area contributed by atoms with E-state index in [9.17, 15) is 4.79 Å². The van der Waals surface area contributed by atoms with Crippen LogP contribution in [-0.2, 0) is 9.53 Å². The number of carbonyl (C=O) groups is 1. The van der Waals surface area contributed by atoms with E-state index in [1.165, 1.54) is 0 Å². The van der Waals surface area contributed by atoms with E-state index in [0.717, 1.165) is 0 Å². The van der Waals surface area contributed by atoms with Gasteiger partial charge >= 0.3 is 5.97 Å². The summed E-state index contributed by atoms with van der Waals surface area (Å²) in [6.07, 6.45) is -0.0662. The number of ether oxygens (including phenoxy) is 1.